The fourth-order valence-corrected chi connectivity index (χ4v) is 2.49. The van der Waals surface area contributed by atoms with Crippen molar-refractivity contribution in [3.8, 4) is 0 Å². The van der Waals surface area contributed by atoms with E-state index in [1.54, 1.807) is 4.90 Å². The summed E-state index contributed by atoms with van der Waals surface area (Å²) in [5.74, 6) is 0.440. The highest BCUT2D eigenvalue weighted by Crippen LogP contribution is 2.27. The Labute approximate surface area is 125 Å². The van der Waals surface area contributed by atoms with Crippen molar-refractivity contribution in [3.63, 3.8) is 0 Å². The lowest BCUT2D eigenvalue weighted by Gasteiger charge is -2.38. The Morgan fingerprint density at radius 1 is 1.10 bits per heavy atom. The summed E-state index contributed by atoms with van der Waals surface area (Å²) in [6.45, 7) is 3.91. The Morgan fingerprint density at radius 3 is 2.43 bits per heavy atom. The van der Waals surface area contributed by atoms with Gasteiger partial charge >= 0.3 is 6.09 Å². The van der Waals surface area contributed by atoms with Crippen molar-refractivity contribution in [2.75, 3.05) is 13.1 Å². The molecule has 0 saturated carbocycles. The zero-order valence-electron chi connectivity index (χ0n) is 12.2. The molecule has 0 spiro atoms. The van der Waals surface area contributed by atoms with E-state index in [0.717, 1.165) is 18.7 Å². The third-order valence-electron chi connectivity index (χ3n) is 3.89. The maximum Gasteiger partial charge on any atom is 0.410 e. The highest BCUT2D eigenvalue weighted by atomic mass is 16.6. The third-order valence-corrected chi connectivity index (χ3v) is 3.89. The second-order valence-electron chi connectivity index (χ2n) is 5.55. The summed E-state index contributed by atoms with van der Waals surface area (Å²) in [4.78, 5) is 13.7. The second-order valence-corrected chi connectivity index (χ2v) is 5.55. The highest BCUT2D eigenvalue weighted by Gasteiger charge is 2.32. The zero-order chi connectivity index (χ0) is 14.7. The molecule has 2 aromatic rings. The van der Waals surface area contributed by atoms with Crippen molar-refractivity contribution in [2.24, 2.45) is 0 Å². The summed E-state index contributed by atoms with van der Waals surface area (Å²) in [6, 6.07) is 18.3. The molecule has 21 heavy (non-hydrogen) atoms. The summed E-state index contributed by atoms with van der Waals surface area (Å²) in [5.41, 5.74) is 3.58. The monoisotopic (exact) mass is 281 g/mol. The lowest BCUT2D eigenvalue weighted by atomic mass is 9.91. The van der Waals surface area contributed by atoms with Crippen molar-refractivity contribution < 1.29 is 9.53 Å². The molecular formula is C18H19NO2. The molecule has 0 radical (unpaired) electrons. The van der Waals surface area contributed by atoms with Gasteiger partial charge in [0.25, 0.3) is 0 Å². The molecule has 1 fully saturated rings. The molecule has 3 nitrogen and oxygen atoms in total. The van der Waals surface area contributed by atoms with E-state index in [1.807, 2.05) is 30.3 Å². The number of nitrogens with zero attached hydrogens (tertiary/aromatic N) is 1. The highest BCUT2D eigenvalue weighted by molar-refractivity contribution is 5.69. The van der Waals surface area contributed by atoms with E-state index >= 15 is 0 Å². The topological polar surface area (TPSA) is 29.5 Å². The Kier molecular flexibility index (Phi) is 3.91. The first kappa shape index (κ1) is 13.7. The lowest BCUT2D eigenvalue weighted by Crippen LogP contribution is -2.48. The van der Waals surface area contributed by atoms with Crippen LogP contribution in [0.15, 0.2) is 54.6 Å². The van der Waals surface area contributed by atoms with Gasteiger partial charge in [-0.1, -0.05) is 60.2 Å². The van der Waals surface area contributed by atoms with Gasteiger partial charge in [0, 0.05) is 19.0 Å². The number of amides is 1. The van der Waals surface area contributed by atoms with E-state index in [9.17, 15) is 4.79 Å². The summed E-state index contributed by atoms with van der Waals surface area (Å²) in [5, 5.41) is 0. The smallest absolute Gasteiger partial charge is 0.410 e. The predicted molar refractivity (Wildman–Crippen MR) is 82.1 cm³/mol. The second kappa shape index (κ2) is 6.00. The predicted octanol–water partition coefficient (Wildman–Crippen LogP) is 3.73. The molecule has 1 aliphatic heterocycles. The van der Waals surface area contributed by atoms with Crippen molar-refractivity contribution >= 4 is 6.09 Å². The maximum absolute atomic E-state index is 11.9. The van der Waals surface area contributed by atoms with Crippen LogP contribution < -0.4 is 0 Å². The number of benzene rings is 2. The van der Waals surface area contributed by atoms with Gasteiger partial charge in [0.05, 0.1) is 0 Å². The van der Waals surface area contributed by atoms with Crippen molar-refractivity contribution in [1.29, 1.82) is 0 Å². The number of likely N-dealkylation sites (tertiary alicyclic amines) is 1. The Morgan fingerprint density at radius 2 is 1.76 bits per heavy atom. The number of hydrogen-bond acceptors (Lipinski definition) is 2. The third kappa shape index (κ3) is 3.24. The molecule has 0 aliphatic carbocycles. The molecule has 0 aromatic heterocycles. The van der Waals surface area contributed by atoms with E-state index in [0.29, 0.717) is 12.5 Å². The molecule has 0 bridgehead atoms. The maximum atomic E-state index is 11.9. The van der Waals surface area contributed by atoms with Crippen LogP contribution in [-0.2, 0) is 11.3 Å². The molecule has 3 heteroatoms. The Bertz CT molecular complexity index is 601. The average Bonchev–Trinajstić information content (AvgIpc) is 2.47. The van der Waals surface area contributed by atoms with Crippen LogP contribution in [0.5, 0.6) is 0 Å². The molecule has 1 amide bonds. The number of ether oxygens (including phenoxy) is 1. The first-order valence-corrected chi connectivity index (χ1v) is 7.24. The van der Waals surface area contributed by atoms with Gasteiger partial charge in [0.1, 0.15) is 6.61 Å². The van der Waals surface area contributed by atoms with Gasteiger partial charge < -0.3 is 9.64 Å². The molecule has 2 aromatic carbocycles. The van der Waals surface area contributed by atoms with Crippen LogP contribution in [0.25, 0.3) is 0 Å². The number of rotatable bonds is 3. The van der Waals surface area contributed by atoms with Gasteiger partial charge in [-0.05, 0) is 18.1 Å². The minimum atomic E-state index is -0.220. The van der Waals surface area contributed by atoms with Gasteiger partial charge in [-0.2, -0.15) is 0 Å². The zero-order valence-corrected chi connectivity index (χ0v) is 12.2. The van der Waals surface area contributed by atoms with E-state index in [4.69, 9.17) is 4.74 Å². The summed E-state index contributed by atoms with van der Waals surface area (Å²) in [6.07, 6.45) is -0.220. The summed E-state index contributed by atoms with van der Waals surface area (Å²) >= 11 is 0. The number of carbonyl (C=O) groups is 1. The van der Waals surface area contributed by atoms with Gasteiger partial charge in [0.2, 0.25) is 0 Å². The summed E-state index contributed by atoms with van der Waals surface area (Å²) < 4.78 is 5.32. The number of hydrogen-bond donors (Lipinski definition) is 0. The first-order chi connectivity index (χ1) is 10.2. The minimum absolute atomic E-state index is 0.220. The molecular weight excluding hydrogens is 262 g/mol. The van der Waals surface area contributed by atoms with E-state index in [1.165, 1.54) is 11.1 Å². The summed E-state index contributed by atoms with van der Waals surface area (Å²) in [7, 11) is 0. The van der Waals surface area contributed by atoms with E-state index in [2.05, 4.69) is 31.2 Å². The molecule has 3 rings (SSSR count). The SMILES string of the molecule is Cc1ccc(C2CN(C(=O)OCc3ccccc3)C2)cc1. The molecule has 0 atom stereocenters. The molecule has 0 N–H and O–H groups in total. The molecule has 1 heterocycles. The first-order valence-electron chi connectivity index (χ1n) is 7.24. The molecule has 1 aliphatic rings. The molecule has 1 saturated heterocycles. The van der Waals surface area contributed by atoms with Crippen LogP contribution in [-0.4, -0.2) is 24.1 Å². The standard InChI is InChI=1S/C18H19NO2/c1-14-7-9-16(10-8-14)17-11-19(12-17)18(20)21-13-15-5-3-2-4-6-15/h2-10,17H,11-13H2,1H3. The van der Waals surface area contributed by atoms with E-state index < -0.39 is 0 Å². The van der Waals surface area contributed by atoms with Crippen LogP contribution in [0.3, 0.4) is 0 Å². The minimum Gasteiger partial charge on any atom is -0.445 e. The average molecular weight is 281 g/mol. The van der Waals surface area contributed by atoms with Crippen LogP contribution >= 0.6 is 0 Å². The van der Waals surface area contributed by atoms with Crippen molar-refractivity contribution in [2.45, 2.75) is 19.4 Å². The lowest BCUT2D eigenvalue weighted by molar-refractivity contribution is 0.0664. The van der Waals surface area contributed by atoms with Crippen LogP contribution in [0.4, 0.5) is 4.79 Å². The van der Waals surface area contributed by atoms with Crippen molar-refractivity contribution in [1.82, 2.24) is 4.90 Å². The molecule has 0 unspecified atom stereocenters. The van der Waals surface area contributed by atoms with Crippen molar-refractivity contribution in [3.05, 3.63) is 71.3 Å². The Hall–Kier alpha value is -2.29. The quantitative estimate of drug-likeness (QED) is 0.858. The van der Waals surface area contributed by atoms with Gasteiger partial charge in [0.15, 0.2) is 0 Å². The van der Waals surface area contributed by atoms with Crippen LogP contribution in [0.1, 0.15) is 22.6 Å². The van der Waals surface area contributed by atoms with E-state index in [-0.39, 0.29) is 6.09 Å². The molecule has 108 valence electrons. The normalized spacial score (nSPS) is 14.6. The Balaban J connectivity index is 1.47. The van der Waals surface area contributed by atoms with Gasteiger partial charge in [-0.25, -0.2) is 4.79 Å². The number of carbonyl (C=O) groups excluding carboxylic acids is 1. The van der Waals surface area contributed by atoms with Gasteiger partial charge in [-0.3, -0.25) is 0 Å². The number of aryl methyl sites for hydroxylation is 1. The van der Waals surface area contributed by atoms with Gasteiger partial charge in [-0.15, -0.1) is 0 Å². The fraction of sp³-hybridized carbons (Fsp3) is 0.278. The van der Waals surface area contributed by atoms with Crippen LogP contribution in [0, 0.1) is 6.92 Å². The largest absolute Gasteiger partial charge is 0.445 e. The fourth-order valence-electron chi connectivity index (χ4n) is 2.49. The van der Waals surface area contributed by atoms with Crippen LogP contribution in [0.2, 0.25) is 0 Å².